The highest BCUT2D eigenvalue weighted by molar-refractivity contribution is 5.79. The highest BCUT2D eigenvalue weighted by atomic mass is 15.1. The van der Waals surface area contributed by atoms with Crippen LogP contribution >= 0.6 is 0 Å². The number of aromatic nitrogens is 2. The molecule has 0 unspecified atom stereocenters. The van der Waals surface area contributed by atoms with E-state index in [-0.39, 0.29) is 0 Å². The third-order valence-corrected chi connectivity index (χ3v) is 3.17. The summed E-state index contributed by atoms with van der Waals surface area (Å²) < 4.78 is 2.19. The van der Waals surface area contributed by atoms with Gasteiger partial charge in [-0.25, -0.2) is 4.98 Å². The lowest BCUT2D eigenvalue weighted by Gasteiger charge is -2.10. The van der Waals surface area contributed by atoms with Gasteiger partial charge in [0.15, 0.2) is 0 Å². The van der Waals surface area contributed by atoms with Gasteiger partial charge in [0.05, 0.1) is 0 Å². The van der Waals surface area contributed by atoms with Crippen molar-refractivity contribution in [1.82, 2.24) is 9.55 Å². The zero-order valence-electron chi connectivity index (χ0n) is 11.2. The number of rotatable bonds is 3. The highest BCUT2D eigenvalue weighted by Crippen LogP contribution is 2.22. The quantitative estimate of drug-likeness (QED) is 0.749. The van der Waals surface area contributed by atoms with Gasteiger partial charge in [-0.2, -0.15) is 0 Å². The van der Waals surface area contributed by atoms with E-state index < -0.39 is 0 Å². The van der Waals surface area contributed by atoms with Crippen LogP contribution in [0.15, 0.2) is 54.7 Å². The third kappa shape index (κ3) is 2.32. The zero-order valence-corrected chi connectivity index (χ0v) is 11.2. The molecule has 0 atom stereocenters. The van der Waals surface area contributed by atoms with Crippen LogP contribution in [0.4, 0.5) is 11.5 Å². The molecule has 0 saturated carbocycles. The van der Waals surface area contributed by atoms with Gasteiger partial charge in [0, 0.05) is 23.3 Å². The van der Waals surface area contributed by atoms with Crippen molar-refractivity contribution in [2.75, 3.05) is 5.32 Å². The second-order valence-corrected chi connectivity index (χ2v) is 4.92. The predicted octanol–water partition coefficient (Wildman–Crippen LogP) is 4.36. The molecule has 0 spiro atoms. The molecule has 0 aliphatic carbocycles. The normalized spacial score (nSPS) is 11.1. The van der Waals surface area contributed by atoms with E-state index in [0.29, 0.717) is 6.04 Å². The highest BCUT2D eigenvalue weighted by Gasteiger charge is 2.06. The first-order valence-electron chi connectivity index (χ1n) is 6.54. The lowest BCUT2D eigenvalue weighted by atomic mass is 10.3. The van der Waals surface area contributed by atoms with Crippen LogP contribution in [0.1, 0.15) is 19.9 Å². The molecule has 3 nitrogen and oxygen atoms in total. The largest absolute Gasteiger partial charge is 0.340 e. The van der Waals surface area contributed by atoms with E-state index in [2.05, 4.69) is 42.1 Å². The van der Waals surface area contributed by atoms with Crippen molar-refractivity contribution in [3.8, 4) is 0 Å². The fourth-order valence-corrected chi connectivity index (χ4v) is 2.18. The Labute approximate surface area is 112 Å². The van der Waals surface area contributed by atoms with Crippen LogP contribution in [0, 0.1) is 0 Å². The van der Waals surface area contributed by atoms with Crippen molar-refractivity contribution in [1.29, 1.82) is 0 Å². The first kappa shape index (κ1) is 11.8. The van der Waals surface area contributed by atoms with Gasteiger partial charge in [-0.15, -0.1) is 0 Å². The van der Waals surface area contributed by atoms with Gasteiger partial charge in [0.2, 0.25) is 0 Å². The van der Waals surface area contributed by atoms with E-state index in [9.17, 15) is 0 Å². The monoisotopic (exact) mass is 251 g/mol. The summed E-state index contributed by atoms with van der Waals surface area (Å²) in [5.41, 5.74) is 2.08. The molecule has 96 valence electrons. The Morgan fingerprint density at radius 1 is 1.00 bits per heavy atom. The lowest BCUT2D eigenvalue weighted by molar-refractivity contribution is 0.618. The van der Waals surface area contributed by atoms with Crippen molar-refractivity contribution >= 4 is 22.5 Å². The molecule has 3 aromatic rings. The summed E-state index contributed by atoms with van der Waals surface area (Å²) >= 11 is 0. The van der Waals surface area contributed by atoms with Crippen LogP contribution in [0.3, 0.4) is 0 Å². The summed E-state index contributed by atoms with van der Waals surface area (Å²) in [7, 11) is 0. The molecule has 3 rings (SSSR count). The number of hydrogen-bond donors (Lipinski definition) is 1. The van der Waals surface area contributed by atoms with E-state index in [1.54, 1.807) is 0 Å². The predicted molar refractivity (Wildman–Crippen MR) is 79.8 cm³/mol. The number of hydrogen-bond acceptors (Lipinski definition) is 2. The molecular formula is C16H17N3. The maximum absolute atomic E-state index is 4.70. The molecule has 1 N–H and O–H groups in total. The molecule has 19 heavy (non-hydrogen) atoms. The number of benzene rings is 1. The first-order valence-corrected chi connectivity index (χ1v) is 6.54. The first-order chi connectivity index (χ1) is 9.24. The molecular weight excluding hydrogens is 234 g/mol. The number of para-hydroxylation sites is 1. The summed E-state index contributed by atoms with van der Waals surface area (Å²) in [5.74, 6) is 0.874. The topological polar surface area (TPSA) is 29.9 Å². The summed E-state index contributed by atoms with van der Waals surface area (Å²) in [6.45, 7) is 4.33. The number of pyridine rings is 1. The summed E-state index contributed by atoms with van der Waals surface area (Å²) in [4.78, 5) is 4.70. The minimum atomic E-state index is 0.414. The molecule has 0 aliphatic rings. The molecule has 3 heteroatoms. The van der Waals surface area contributed by atoms with Gasteiger partial charge in [0.25, 0.3) is 0 Å². The SMILES string of the molecule is CC(C)n1ccc2ccc(Nc3ccccc3)nc21. The van der Waals surface area contributed by atoms with Crippen LogP contribution < -0.4 is 5.32 Å². The van der Waals surface area contributed by atoms with Gasteiger partial charge in [-0.05, 0) is 44.2 Å². The van der Waals surface area contributed by atoms with Crippen LogP contribution in [-0.4, -0.2) is 9.55 Å². The van der Waals surface area contributed by atoms with Crippen molar-refractivity contribution in [2.24, 2.45) is 0 Å². The van der Waals surface area contributed by atoms with E-state index in [4.69, 9.17) is 4.98 Å². The average molecular weight is 251 g/mol. The number of nitrogens with zero attached hydrogens (tertiary/aromatic N) is 2. The van der Waals surface area contributed by atoms with E-state index in [0.717, 1.165) is 17.2 Å². The van der Waals surface area contributed by atoms with Gasteiger partial charge < -0.3 is 9.88 Å². The molecule has 0 bridgehead atoms. The molecule has 0 fully saturated rings. The zero-order chi connectivity index (χ0) is 13.2. The number of fused-ring (bicyclic) bond motifs is 1. The number of anilines is 2. The van der Waals surface area contributed by atoms with Gasteiger partial charge >= 0.3 is 0 Å². The summed E-state index contributed by atoms with van der Waals surface area (Å²) in [6, 6.07) is 16.7. The Morgan fingerprint density at radius 2 is 1.79 bits per heavy atom. The fraction of sp³-hybridized carbons (Fsp3) is 0.188. The van der Waals surface area contributed by atoms with Crippen molar-refractivity contribution in [3.63, 3.8) is 0 Å². The maximum atomic E-state index is 4.70. The molecule has 2 heterocycles. The van der Waals surface area contributed by atoms with E-state index in [1.807, 2.05) is 36.4 Å². The van der Waals surface area contributed by atoms with Crippen molar-refractivity contribution in [2.45, 2.75) is 19.9 Å². The Hall–Kier alpha value is -2.29. The van der Waals surface area contributed by atoms with Crippen LogP contribution in [0.2, 0.25) is 0 Å². The molecule has 2 aromatic heterocycles. The van der Waals surface area contributed by atoms with Crippen molar-refractivity contribution in [3.05, 3.63) is 54.7 Å². The van der Waals surface area contributed by atoms with Gasteiger partial charge in [-0.1, -0.05) is 18.2 Å². The van der Waals surface area contributed by atoms with Gasteiger partial charge in [-0.3, -0.25) is 0 Å². The molecule has 0 aliphatic heterocycles. The van der Waals surface area contributed by atoms with Gasteiger partial charge in [0.1, 0.15) is 11.5 Å². The minimum Gasteiger partial charge on any atom is -0.340 e. The lowest BCUT2D eigenvalue weighted by Crippen LogP contribution is -2.01. The van der Waals surface area contributed by atoms with E-state index >= 15 is 0 Å². The molecule has 0 amide bonds. The van der Waals surface area contributed by atoms with Crippen LogP contribution in [-0.2, 0) is 0 Å². The third-order valence-electron chi connectivity index (χ3n) is 3.17. The second-order valence-electron chi connectivity index (χ2n) is 4.92. The van der Waals surface area contributed by atoms with Crippen LogP contribution in [0.5, 0.6) is 0 Å². The minimum absolute atomic E-state index is 0.414. The Balaban J connectivity index is 1.99. The van der Waals surface area contributed by atoms with Crippen molar-refractivity contribution < 1.29 is 0 Å². The Bertz CT molecular complexity index is 684. The second kappa shape index (κ2) is 4.76. The average Bonchev–Trinajstić information content (AvgIpc) is 2.83. The summed E-state index contributed by atoms with van der Waals surface area (Å²) in [5, 5.41) is 4.50. The smallest absolute Gasteiger partial charge is 0.142 e. The number of nitrogens with one attached hydrogen (secondary N) is 1. The standard InChI is InChI=1S/C16H17N3/c1-12(2)19-11-10-13-8-9-15(18-16(13)19)17-14-6-4-3-5-7-14/h3-12H,1-2H3,(H,17,18). The summed E-state index contributed by atoms with van der Waals surface area (Å²) in [6.07, 6.45) is 2.09. The Kier molecular flexibility index (Phi) is 2.95. The molecule has 0 radical (unpaired) electrons. The maximum Gasteiger partial charge on any atom is 0.142 e. The van der Waals surface area contributed by atoms with E-state index in [1.165, 1.54) is 5.39 Å². The Morgan fingerprint density at radius 3 is 2.53 bits per heavy atom. The molecule has 1 aromatic carbocycles. The fourth-order valence-electron chi connectivity index (χ4n) is 2.18. The molecule has 0 saturated heterocycles. The van der Waals surface area contributed by atoms with Crippen LogP contribution in [0.25, 0.3) is 11.0 Å².